The Bertz CT molecular complexity index is 357. The number of Topliss-reactive ketones (excluding diaryl/α,β-unsaturated/α-hetero) is 1. The van der Waals surface area contributed by atoms with E-state index in [1.54, 1.807) is 10.9 Å². The Morgan fingerprint density at radius 1 is 1.47 bits per heavy atom. The van der Waals surface area contributed by atoms with Gasteiger partial charge in [0.05, 0.1) is 26.1 Å². The number of carbonyl (C=O) groups excluding carboxylic acids is 2. The van der Waals surface area contributed by atoms with Crippen molar-refractivity contribution in [2.24, 2.45) is 0 Å². The zero-order valence-electron chi connectivity index (χ0n) is 8.90. The van der Waals surface area contributed by atoms with Crippen LogP contribution in [0.15, 0.2) is 12.5 Å². The third-order valence-corrected chi connectivity index (χ3v) is 2.12. The van der Waals surface area contributed by atoms with Crippen molar-refractivity contribution in [3.05, 3.63) is 18.2 Å². The Hall–Kier alpha value is -1.65. The minimum Gasteiger partial charge on any atom is -0.469 e. The van der Waals surface area contributed by atoms with Gasteiger partial charge in [0.2, 0.25) is 0 Å². The summed E-state index contributed by atoms with van der Waals surface area (Å²) >= 11 is 0. The van der Waals surface area contributed by atoms with E-state index in [1.165, 1.54) is 13.3 Å². The average molecular weight is 210 g/mol. The van der Waals surface area contributed by atoms with Crippen LogP contribution in [-0.4, -0.2) is 28.4 Å². The third-order valence-electron chi connectivity index (χ3n) is 2.12. The molecule has 0 amide bonds. The predicted octanol–water partition coefficient (Wildman–Crippen LogP) is 1.04. The molecule has 0 unspecified atom stereocenters. The molecule has 1 rings (SSSR count). The second-order valence-corrected chi connectivity index (χ2v) is 3.06. The van der Waals surface area contributed by atoms with Gasteiger partial charge in [-0.3, -0.25) is 9.59 Å². The first-order valence-corrected chi connectivity index (χ1v) is 4.79. The van der Waals surface area contributed by atoms with Crippen LogP contribution in [0.1, 0.15) is 30.3 Å². The summed E-state index contributed by atoms with van der Waals surface area (Å²) in [4.78, 5) is 26.4. The Morgan fingerprint density at radius 2 is 2.20 bits per heavy atom. The van der Waals surface area contributed by atoms with Gasteiger partial charge in [0, 0.05) is 13.0 Å². The number of imidazole rings is 1. The molecular formula is C10H14N2O3. The molecule has 0 saturated carbocycles. The lowest BCUT2D eigenvalue weighted by molar-refractivity contribution is -0.140. The number of hydrogen-bond acceptors (Lipinski definition) is 4. The maximum atomic E-state index is 11.6. The molecule has 1 aromatic heterocycles. The van der Waals surface area contributed by atoms with Gasteiger partial charge < -0.3 is 9.30 Å². The fourth-order valence-electron chi connectivity index (χ4n) is 1.25. The van der Waals surface area contributed by atoms with Gasteiger partial charge in [-0.05, 0) is 6.92 Å². The van der Waals surface area contributed by atoms with Gasteiger partial charge in [-0.25, -0.2) is 4.98 Å². The van der Waals surface area contributed by atoms with Gasteiger partial charge in [-0.2, -0.15) is 0 Å². The van der Waals surface area contributed by atoms with Crippen LogP contribution < -0.4 is 0 Å². The van der Waals surface area contributed by atoms with Crippen molar-refractivity contribution in [3.63, 3.8) is 0 Å². The number of aryl methyl sites for hydroxylation is 1. The second kappa shape index (κ2) is 5.29. The number of nitrogens with zero attached hydrogens (tertiary/aromatic N) is 2. The van der Waals surface area contributed by atoms with Crippen LogP contribution >= 0.6 is 0 Å². The maximum Gasteiger partial charge on any atom is 0.305 e. The molecule has 1 heterocycles. The summed E-state index contributed by atoms with van der Waals surface area (Å²) in [5.41, 5.74) is 0.543. The predicted molar refractivity (Wildman–Crippen MR) is 53.5 cm³/mol. The molecule has 0 aliphatic heterocycles. The fourth-order valence-corrected chi connectivity index (χ4v) is 1.25. The summed E-state index contributed by atoms with van der Waals surface area (Å²) in [5, 5.41) is 0. The molecule has 5 nitrogen and oxygen atoms in total. The minimum atomic E-state index is -0.370. The maximum absolute atomic E-state index is 11.6. The van der Waals surface area contributed by atoms with Crippen LogP contribution in [0.3, 0.4) is 0 Å². The molecular weight excluding hydrogens is 196 g/mol. The summed E-state index contributed by atoms with van der Waals surface area (Å²) in [5.74, 6) is -0.453. The molecule has 0 spiro atoms. The summed E-state index contributed by atoms with van der Waals surface area (Å²) in [7, 11) is 1.31. The van der Waals surface area contributed by atoms with E-state index >= 15 is 0 Å². The zero-order valence-corrected chi connectivity index (χ0v) is 8.90. The van der Waals surface area contributed by atoms with Gasteiger partial charge in [0.15, 0.2) is 5.78 Å². The number of hydrogen-bond donors (Lipinski definition) is 0. The second-order valence-electron chi connectivity index (χ2n) is 3.06. The molecule has 0 N–H and O–H groups in total. The fraction of sp³-hybridized carbons (Fsp3) is 0.500. The minimum absolute atomic E-state index is 0.0836. The quantitative estimate of drug-likeness (QED) is 0.538. The molecule has 0 aliphatic rings. The van der Waals surface area contributed by atoms with Gasteiger partial charge in [-0.15, -0.1) is 0 Å². The number of ketones is 1. The first-order valence-electron chi connectivity index (χ1n) is 4.79. The summed E-state index contributed by atoms with van der Waals surface area (Å²) in [6.45, 7) is 2.62. The molecule has 0 radical (unpaired) electrons. The van der Waals surface area contributed by atoms with Crippen molar-refractivity contribution in [1.82, 2.24) is 9.55 Å². The first kappa shape index (κ1) is 11.4. The SMILES string of the molecule is CCn1cncc1C(=O)CCC(=O)OC. The van der Waals surface area contributed by atoms with E-state index in [4.69, 9.17) is 0 Å². The number of ether oxygens (including phenoxy) is 1. The van der Waals surface area contributed by atoms with Gasteiger partial charge in [0.1, 0.15) is 5.69 Å². The van der Waals surface area contributed by atoms with Crippen molar-refractivity contribution < 1.29 is 14.3 Å². The lowest BCUT2D eigenvalue weighted by atomic mass is 10.2. The highest BCUT2D eigenvalue weighted by Gasteiger charge is 2.12. The van der Waals surface area contributed by atoms with Crippen molar-refractivity contribution in [2.45, 2.75) is 26.3 Å². The van der Waals surface area contributed by atoms with E-state index in [0.717, 1.165) is 0 Å². The van der Waals surface area contributed by atoms with E-state index in [1.807, 2.05) is 6.92 Å². The Kier molecular flexibility index (Phi) is 4.03. The van der Waals surface area contributed by atoms with Crippen molar-refractivity contribution in [1.29, 1.82) is 0 Å². The average Bonchev–Trinajstić information content (AvgIpc) is 2.73. The number of methoxy groups -OCH3 is 1. The number of aromatic nitrogens is 2. The standard InChI is InChI=1S/C10H14N2O3/c1-3-12-7-11-6-8(12)9(13)4-5-10(14)15-2/h6-7H,3-5H2,1-2H3. The largest absolute Gasteiger partial charge is 0.469 e. The highest BCUT2D eigenvalue weighted by Crippen LogP contribution is 2.05. The van der Waals surface area contributed by atoms with Gasteiger partial charge >= 0.3 is 5.97 Å². The van der Waals surface area contributed by atoms with Crippen LogP contribution in [0.4, 0.5) is 0 Å². The molecule has 0 saturated heterocycles. The summed E-state index contributed by atoms with van der Waals surface area (Å²) in [6, 6.07) is 0. The van der Waals surface area contributed by atoms with E-state index in [9.17, 15) is 9.59 Å². The van der Waals surface area contributed by atoms with Crippen molar-refractivity contribution in [3.8, 4) is 0 Å². The molecule has 15 heavy (non-hydrogen) atoms. The molecule has 0 aromatic carbocycles. The molecule has 0 fully saturated rings. The van der Waals surface area contributed by atoms with Crippen molar-refractivity contribution >= 4 is 11.8 Å². The van der Waals surface area contributed by atoms with Crippen molar-refractivity contribution in [2.75, 3.05) is 7.11 Å². The van der Waals surface area contributed by atoms with E-state index < -0.39 is 0 Å². The molecule has 82 valence electrons. The lowest BCUT2D eigenvalue weighted by Crippen LogP contribution is -2.10. The van der Waals surface area contributed by atoms with Gasteiger partial charge in [0.25, 0.3) is 0 Å². The van der Waals surface area contributed by atoms with Crippen LogP contribution in [0.25, 0.3) is 0 Å². The topological polar surface area (TPSA) is 61.2 Å². The van der Waals surface area contributed by atoms with E-state index in [2.05, 4.69) is 9.72 Å². The molecule has 0 bridgehead atoms. The highest BCUT2D eigenvalue weighted by molar-refractivity contribution is 5.95. The molecule has 5 heteroatoms. The van der Waals surface area contributed by atoms with Gasteiger partial charge in [-0.1, -0.05) is 0 Å². The smallest absolute Gasteiger partial charge is 0.305 e. The van der Waals surface area contributed by atoms with E-state index in [0.29, 0.717) is 12.2 Å². The first-order chi connectivity index (χ1) is 7.19. The van der Waals surface area contributed by atoms with Crippen LogP contribution in [0.2, 0.25) is 0 Å². The highest BCUT2D eigenvalue weighted by atomic mass is 16.5. The number of carbonyl (C=O) groups is 2. The zero-order chi connectivity index (χ0) is 11.3. The van der Waals surface area contributed by atoms with E-state index in [-0.39, 0.29) is 24.6 Å². The Labute approximate surface area is 88.1 Å². The molecule has 1 aromatic rings. The molecule has 0 atom stereocenters. The van der Waals surface area contributed by atoms with Crippen LogP contribution in [0, 0.1) is 0 Å². The summed E-state index contributed by atoms with van der Waals surface area (Å²) in [6.07, 6.45) is 3.40. The summed E-state index contributed by atoms with van der Waals surface area (Å²) < 4.78 is 6.21. The van der Waals surface area contributed by atoms with Crippen LogP contribution in [0.5, 0.6) is 0 Å². The Balaban J connectivity index is 2.57. The number of esters is 1. The molecule has 0 aliphatic carbocycles. The van der Waals surface area contributed by atoms with Crippen LogP contribution in [-0.2, 0) is 16.1 Å². The normalized spacial score (nSPS) is 10.0. The lowest BCUT2D eigenvalue weighted by Gasteiger charge is -2.03. The third kappa shape index (κ3) is 2.90. The monoisotopic (exact) mass is 210 g/mol. The number of rotatable bonds is 5. The Morgan fingerprint density at radius 3 is 2.80 bits per heavy atom.